The van der Waals surface area contributed by atoms with Crippen molar-refractivity contribution in [3.05, 3.63) is 0 Å². The van der Waals surface area contributed by atoms with Crippen LogP contribution in [0.3, 0.4) is 0 Å². The van der Waals surface area contributed by atoms with E-state index in [9.17, 15) is 9.59 Å². The molecule has 2 amide bonds. The van der Waals surface area contributed by atoms with E-state index in [2.05, 4.69) is 15.1 Å². The molecule has 6 heteroatoms. The van der Waals surface area contributed by atoms with Gasteiger partial charge in [-0.15, -0.1) is 0 Å². The third-order valence-electron chi connectivity index (χ3n) is 3.27. The van der Waals surface area contributed by atoms with Gasteiger partial charge < -0.3 is 20.0 Å². The van der Waals surface area contributed by atoms with Crippen molar-refractivity contribution in [3.8, 4) is 0 Å². The molecule has 0 saturated carbocycles. The molecule has 0 bridgehead atoms. The molecule has 1 aliphatic heterocycles. The molecule has 1 heterocycles. The summed E-state index contributed by atoms with van der Waals surface area (Å²) < 4.78 is 0. The number of hydrogen-bond acceptors (Lipinski definition) is 4. The number of carbonyl (C=O) groups excluding carboxylic acids is 2. The minimum atomic E-state index is -0.164. The van der Waals surface area contributed by atoms with Gasteiger partial charge in [0.1, 0.15) is 6.42 Å². The highest BCUT2D eigenvalue weighted by Crippen LogP contribution is 2.01. The minimum Gasteiger partial charge on any atom is -0.356 e. The molecule has 1 saturated heterocycles. The highest BCUT2D eigenvalue weighted by atomic mass is 16.2. The Morgan fingerprint density at radius 1 is 1.16 bits per heavy atom. The maximum atomic E-state index is 11.9. The van der Waals surface area contributed by atoms with E-state index in [-0.39, 0.29) is 18.2 Å². The van der Waals surface area contributed by atoms with Crippen LogP contribution in [0.25, 0.3) is 0 Å². The number of amides is 2. The lowest BCUT2D eigenvalue weighted by atomic mass is 10.2. The van der Waals surface area contributed by atoms with Crippen LogP contribution in [0.1, 0.15) is 12.8 Å². The van der Waals surface area contributed by atoms with E-state index in [1.54, 1.807) is 4.90 Å². The first-order chi connectivity index (χ1) is 8.99. The van der Waals surface area contributed by atoms with Crippen LogP contribution in [-0.2, 0) is 9.59 Å². The fraction of sp³-hybridized carbons (Fsp3) is 0.846. The highest BCUT2D eigenvalue weighted by Gasteiger charge is 2.20. The van der Waals surface area contributed by atoms with Crippen molar-refractivity contribution < 1.29 is 9.59 Å². The predicted octanol–water partition coefficient (Wildman–Crippen LogP) is -0.782. The summed E-state index contributed by atoms with van der Waals surface area (Å²) >= 11 is 0. The lowest BCUT2D eigenvalue weighted by Crippen LogP contribution is -2.48. The maximum absolute atomic E-state index is 11.9. The van der Waals surface area contributed by atoms with Crippen LogP contribution >= 0.6 is 0 Å². The van der Waals surface area contributed by atoms with Crippen LogP contribution in [0.5, 0.6) is 0 Å². The summed E-state index contributed by atoms with van der Waals surface area (Å²) in [4.78, 5) is 29.6. The molecule has 0 aromatic carbocycles. The summed E-state index contributed by atoms with van der Waals surface area (Å²) in [5, 5.41) is 2.79. The van der Waals surface area contributed by atoms with Gasteiger partial charge in [-0.3, -0.25) is 9.59 Å². The number of nitrogens with one attached hydrogen (secondary N) is 1. The van der Waals surface area contributed by atoms with Crippen molar-refractivity contribution in [2.24, 2.45) is 0 Å². The van der Waals surface area contributed by atoms with Crippen LogP contribution in [-0.4, -0.2) is 86.9 Å². The van der Waals surface area contributed by atoms with E-state index in [0.29, 0.717) is 6.54 Å². The molecule has 0 unspecified atom stereocenters. The number of piperazine rings is 1. The molecule has 110 valence electrons. The number of rotatable bonds is 6. The summed E-state index contributed by atoms with van der Waals surface area (Å²) in [5.41, 5.74) is 0. The van der Waals surface area contributed by atoms with Gasteiger partial charge >= 0.3 is 0 Å². The first kappa shape index (κ1) is 15.9. The lowest BCUT2D eigenvalue weighted by Gasteiger charge is -2.32. The lowest BCUT2D eigenvalue weighted by molar-refractivity contribution is -0.137. The van der Waals surface area contributed by atoms with Crippen LogP contribution in [0.4, 0.5) is 0 Å². The SMILES string of the molecule is CN(C)CCCNC(=O)CC(=O)N1CCN(C)CC1. The normalized spacial score (nSPS) is 16.7. The largest absolute Gasteiger partial charge is 0.356 e. The number of nitrogens with zero attached hydrogens (tertiary/aromatic N) is 3. The molecule has 0 aromatic rings. The third-order valence-corrected chi connectivity index (χ3v) is 3.27. The highest BCUT2D eigenvalue weighted by molar-refractivity contribution is 5.96. The molecule has 1 rings (SSSR count). The summed E-state index contributed by atoms with van der Waals surface area (Å²) in [5.74, 6) is -0.221. The minimum absolute atomic E-state index is 0.0221. The van der Waals surface area contributed by atoms with E-state index in [1.165, 1.54) is 0 Å². The van der Waals surface area contributed by atoms with Gasteiger partial charge in [0.25, 0.3) is 0 Å². The Bertz CT molecular complexity index is 299. The molecule has 0 aromatic heterocycles. The molecular formula is C13H26N4O2. The zero-order valence-electron chi connectivity index (χ0n) is 12.3. The third kappa shape index (κ3) is 6.54. The topological polar surface area (TPSA) is 55.9 Å². The summed E-state index contributed by atoms with van der Waals surface area (Å²) in [6, 6.07) is 0. The molecule has 0 spiro atoms. The Morgan fingerprint density at radius 3 is 2.37 bits per heavy atom. The first-order valence-corrected chi connectivity index (χ1v) is 6.87. The molecule has 19 heavy (non-hydrogen) atoms. The Balaban J connectivity index is 2.15. The Morgan fingerprint density at radius 2 is 1.79 bits per heavy atom. The van der Waals surface area contributed by atoms with E-state index >= 15 is 0 Å². The van der Waals surface area contributed by atoms with Crippen LogP contribution < -0.4 is 5.32 Å². The van der Waals surface area contributed by atoms with Gasteiger partial charge in [-0.05, 0) is 34.1 Å². The average Bonchev–Trinajstić information content (AvgIpc) is 2.35. The molecule has 0 atom stereocenters. The second-order valence-electron chi connectivity index (χ2n) is 5.37. The number of likely N-dealkylation sites (N-methyl/N-ethyl adjacent to an activating group) is 1. The zero-order valence-corrected chi connectivity index (χ0v) is 12.3. The van der Waals surface area contributed by atoms with Gasteiger partial charge in [0.2, 0.25) is 11.8 Å². The fourth-order valence-electron chi connectivity index (χ4n) is 1.99. The fourth-order valence-corrected chi connectivity index (χ4v) is 1.99. The maximum Gasteiger partial charge on any atom is 0.232 e. The second-order valence-corrected chi connectivity index (χ2v) is 5.37. The van der Waals surface area contributed by atoms with Crippen molar-refractivity contribution in [3.63, 3.8) is 0 Å². The van der Waals surface area contributed by atoms with E-state index in [1.807, 2.05) is 21.1 Å². The smallest absolute Gasteiger partial charge is 0.232 e. The average molecular weight is 270 g/mol. The predicted molar refractivity (Wildman–Crippen MR) is 74.9 cm³/mol. The molecule has 1 fully saturated rings. The Hall–Kier alpha value is -1.14. The van der Waals surface area contributed by atoms with Gasteiger partial charge in [0, 0.05) is 32.7 Å². The standard InChI is InChI=1S/C13H26N4O2/c1-15(2)6-4-5-14-12(18)11-13(19)17-9-7-16(3)8-10-17/h4-11H2,1-3H3,(H,14,18). The summed E-state index contributed by atoms with van der Waals surface area (Å²) in [6.45, 7) is 4.79. The quantitative estimate of drug-likeness (QED) is 0.508. The molecule has 1 aliphatic rings. The molecule has 1 N–H and O–H groups in total. The number of hydrogen-bond donors (Lipinski definition) is 1. The van der Waals surface area contributed by atoms with Crippen LogP contribution in [0.2, 0.25) is 0 Å². The monoisotopic (exact) mass is 270 g/mol. The zero-order chi connectivity index (χ0) is 14.3. The number of carbonyl (C=O) groups is 2. The van der Waals surface area contributed by atoms with Gasteiger partial charge in [-0.2, -0.15) is 0 Å². The van der Waals surface area contributed by atoms with E-state index < -0.39 is 0 Å². The van der Waals surface area contributed by atoms with Crippen molar-refractivity contribution in [1.82, 2.24) is 20.0 Å². The Kier molecular flexibility index (Phi) is 6.80. The molecular weight excluding hydrogens is 244 g/mol. The van der Waals surface area contributed by atoms with Crippen molar-refractivity contribution in [2.45, 2.75) is 12.8 Å². The van der Waals surface area contributed by atoms with E-state index in [0.717, 1.165) is 39.1 Å². The van der Waals surface area contributed by atoms with Crippen molar-refractivity contribution in [2.75, 3.05) is 60.4 Å². The molecule has 0 aliphatic carbocycles. The van der Waals surface area contributed by atoms with Gasteiger partial charge in [0.05, 0.1) is 0 Å². The molecule has 6 nitrogen and oxygen atoms in total. The van der Waals surface area contributed by atoms with Crippen molar-refractivity contribution in [1.29, 1.82) is 0 Å². The van der Waals surface area contributed by atoms with Gasteiger partial charge in [0.15, 0.2) is 0 Å². The van der Waals surface area contributed by atoms with Crippen LogP contribution in [0, 0.1) is 0 Å². The van der Waals surface area contributed by atoms with Crippen LogP contribution in [0.15, 0.2) is 0 Å². The van der Waals surface area contributed by atoms with E-state index in [4.69, 9.17) is 0 Å². The Labute approximate surface area is 115 Å². The summed E-state index contributed by atoms with van der Waals surface area (Å²) in [6.07, 6.45) is 0.882. The van der Waals surface area contributed by atoms with Gasteiger partial charge in [-0.1, -0.05) is 0 Å². The van der Waals surface area contributed by atoms with Crippen molar-refractivity contribution >= 4 is 11.8 Å². The second kappa shape index (κ2) is 8.12. The first-order valence-electron chi connectivity index (χ1n) is 6.87. The van der Waals surface area contributed by atoms with Gasteiger partial charge in [-0.25, -0.2) is 0 Å². The molecule has 0 radical (unpaired) electrons. The summed E-state index contributed by atoms with van der Waals surface area (Å²) in [7, 11) is 6.04.